The molecule has 0 bridgehead atoms. The Morgan fingerprint density at radius 1 is 1.39 bits per heavy atom. The Kier molecular flexibility index (Phi) is 4.45. The van der Waals surface area contributed by atoms with Gasteiger partial charge in [0, 0.05) is 0 Å². The maximum absolute atomic E-state index is 12.5. The van der Waals surface area contributed by atoms with Crippen molar-refractivity contribution >= 4 is 23.4 Å². The van der Waals surface area contributed by atoms with Gasteiger partial charge in [-0.25, -0.2) is 4.79 Å². The third-order valence-electron chi connectivity index (χ3n) is 1.87. The molecule has 0 spiro atoms. The van der Waals surface area contributed by atoms with E-state index in [1.807, 2.05) is 0 Å². The lowest BCUT2D eigenvalue weighted by Crippen LogP contribution is -2.18. The van der Waals surface area contributed by atoms with E-state index in [4.69, 9.17) is 16.3 Å². The van der Waals surface area contributed by atoms with Crippen LogP contribution in [0.2, 0.25) is 5.02 Å². The summed E-state index contributed by atoms with van der Waals surface area (Å²) in [6.07, 6.45) is -5.73. The molecule has 0 aromatic heterocycles. The number of carbonyl (C=O) groups excluding carboxylic acids is 1. The van der Waals surface area contributed by atoms with E-state index in [9.17, 15) is 18.0 Å². The fourth-order valence-corrected chi connectivity index (χ4v) is 1.32. The molecular weight excluding hydrogens is 271 g/mol. The van der Waals surface area contributed by atoms with Crippen molar-refractivity contribution in [3.05, 3.63) is 28.8 Å². The average Bonchev–Trinajstić information content (AvgIpc) is 2.18. The van der Waals surface area contributed by atoms with Gasteiger partial charge in [0.15, 0.2) is 0 Å². The minimum Gasteiger partial charge on any atom is -0.447 e. The predicted molar refractivity (Wildman–Crippen MR) is 61.7 cm³/mol. The third-order valence-corrected chi connectivity index (χ3v) is 2.20. The van der Waals surface area contributed by atoms with Gasteiger partial charge in [-0.05, 0) is 32.0 Å². The van der Waals surface area contributed by atoms with E-state index < -0.39 is 17.8 Å². The number of carbonyl (C=O) groups is 1. The van der Waals surface area contributed by atoms with E-state index in [0.717, 1.165) is 18.2 Å². The van der Waals surface area contributed by atoms with Gasteiger partial charge in [-0.3, -0.25) is 5.32 Å². The van der Waals surface area contributed by atoms with E-state index in [-0.39, 0.29) is 16.8 Å². The van der Waals surface area contributed by atoms with Crippen LogP contribution in [0.15, 0.2) is 18.2 Å². The first-order valence-corrected chi connectivity index (χ1v) is 5.42. The zero-order valence-electron chi connectivity index (χ0n) is 9.64. The van der Waals surface area contributed by atoms with Gasteiger partial charge < -0.3 is 4.74 Å². The summed E-state index contributed by atoms with van der Waals surface area (Å²) in [5.41, 5.74) is -1.04. The summed E-state index contributed by atoms with van der Waals surface area (Å²) in [6.45, 7) is 3.24. The lowest BCUT2D eigenvalue weighted by Gasteiger charge is -2.13. The Morgan fingerprint density at radius 2 is 2.00 bits per heavy atom. The number of hydrogen-bond donors (Lipinski definition) is 1. The minimum absolute atomic E-state index is 0.00343. The van der Waals surface area contributed by atoms with Crippen molar-refractivity contribution in [2.45, 2.75) is 26.1 Å². The van der Waals surface area contributed by atoms with Crippen molar-refractivity contribution in [1.29, 1.82) is 0 Å². The number of rotatable bonds is 2. The molecular formula is C11H11ClF3NO2. The van der Waals surface area contributed by atoms with Crippen LogP contribution in [-0.2, 0) is 10.9 Å². The normalized spacial score (nSPS) is 11.5. The lowest BCUT2D eigenvalue weighted by atomic mass is 10.2. The molecule has 0 fully saturated rings. The highest BCUT2D eigenvalue weighted by Crippen LogP contribution is 2.33. The predicted octanol–water partition coefficient (Wildman–Crippen LogP) is 4.32. The number of alkyl halides is 3. The van der Waals surface area contributed by atoms with E-state index in [1.165, 1.54) is 0 Å². The molecule has 0 heterocycles. The Bertz CT molecular complexity index is 446. The Labute approximate surface area is 107 Å². The topological polar surface area (TPSA) is 38.3 Å². The second kappa shape index (κ2) is 5.48. The maximum Gasteiger partial charge on any atom is 0.416 e. The summed E-state index contributed by atoms with van der Waals surface area (Å²) in [6, 6.07) is 2.65. The van der Waals surface area contributed by atoms with Gasteiger partial charge in [0.2, 0.25) is 0 Å². The number of nitrogens with one attached hydrogen (secondary N) is 1. The van der Waals surface area contributed by atoms with Crippen molar-refractivity contribution in [3.63, 3.8) is 0 Å². The maximum atomic E-state index is 12.5. The third kappa shape index (κ3) is 4.10. The van der Waals surface area contributed by atoms with E-state index in [1.54, 1.807) is 13.8 Å². The number of amides is 1. The van der Waals surface area contributed by atoms with Gasteiger partial charge in [-0.1, -0.05) is 11.6 Å². The van der Waals surface area contributed by atoms with Crippen LogP contribution in [0.5, 0.6) is 0 Å². The number of halogens is 4. The summed E-state index contributed by atoms with van der Waals surface area (Å²) < 4.78 is 42.1. The van der Waals surface area contributed by atoms with Gasteiger partial charge in [-0.2, -0.15) is 13.2 Å². The molecule has 7 heteroatoms. The summed E-state index contributed by atoms with van der Waals surface area (Å²) >= 11 is 5.69. The molecule has 1 aromatic rings. The van der Waals surface area contributed by atoms with Crippen molar-refractivity contribution < 1.29 is 22.7 Å². The summed E-state index contributed by atoms with van der Waals surface area (Å²) in [4.78, 5) is 11.3. The first-order chi connectivity index (χ1) is 8.20. The molecule has 0 radical (unpaired) electrons. The van der Waals surface area contributed by atoms with Gasteiger partial charge in [0.1, 0.15) is 0 Å². The molecule has 18 heavy (non-hydrogen) atoms. The van der Waals surface area contributed by atoms with E-state index >= 15 is 0 Å². The second-order valence-electron chi connectivity index (χ2n) is 3.77. The fourth-order valence-electron chi connectivity index (χ4n) is 1.15. The molecule has 0 saturated heterocycles. The van der Waals surface area contributed by atoms with Gasteiger partial charge >= 0.3 is 12.3 Å². The van der Waals surface area contributed by atoms with Crippen molar-refractivity contribution in [3.8, 4) is 0 Å². The van der Waals surface area contributed by atoms with Crippen LogP contribution < -0.4 is 5.32 Å². The Hall–Kier alpha value is -1.43. The highest BCUT2D eigenvalue weighted by Gasteiger charge is 2.31. The largest absolute Gasteiger partial charge is 0.447 e. The highest BCUT2D eigenvalue weighted by molar-refractivity contribution is 6.33. The van der Waals surface area contributed by atoms with Crippen LogP contribution in [0.25, 0.3) is 0 Å². The highest BCUT2D eigenvalue weighted by atomic mass is 35.5. The summed E-state index contributed by atoms with van der Waals surface area (Å²) in [5.74, 6) is 0. The number of ether oxygens (including phenoxy) is 1. The van der Waals surface area contributed by atoms with Crippen LogP contribution in [0.1, 0.15) is 19.4 Å². The SMILES string of the molecule is CC(C)OC(=O)Nc1cc(C(F)(F)F)ccc1Cl. The number of benzene rings is 1. The summed E-state index contributed by atoms with van der Waals surface area (Å²) in [7, 11) is 0. The van der Waals surface area contributed by atoms with Gasteiger partial charge in [0.05, 0.1) is 22.4 Å². The summed E-state index contributed by atoms with van der Waals surface area (Å²) in [5, 5.41) is 2.16. The molecule has 3 nitrogen and oxygen atoms in total. The van der Waals surface area contributed by atoms with Gasteiger partial charge in [-0.15, -0.1) is 0 Å². The molecule has 0 aliphatic carbocycles. The standard InChI is InChI=1S/C11H11ClF3NO2/c1-6(2)18-10(17)16-9-5-7(11(13,14)15)3-4-8(9)12/h3-6H,1-2H3,(H,16,17). The second-order valence-corrected chi connectivity index (χ2v) is 4.18. The van der Waals surface area contributed by atoms with Crippen LogP contribution in [-0.4, -0.2) is 12.2 Å². The van der Waals surface area contributed by atoms with Crippen LogP contribution >= 0.6 is 11.6 Å². The zero-order valence-corrected chi connectivity index (χ0v) is 10.4. The van der Waals surface area contributed by atoms with Crippen LogP contribution in [0.4, 0.5) is 23.7 Å². The van der Waals surface area contributed by atoms with E-state index in [0.29, 0.717) is 0 Å². The molecule has 0 saturated carbocycles. The van der Waals surface area contributed by atoms with Crippen molar-refractivity contribution in [2.75, 3.05) is 5.32 Å². The molecule has 0 unspecified atom stereocenters. The van der Waals surface area contributed by atoms with Crippen LogP contribution in [0.3, 0.4) is 0 Å². The number of anilines is 1. The molecule has 0 aliphatic rings. The van der Waals surface area contributed by atoms with Gasteiger partial charge in [0.25, 0.3) is 0 Å². The fraction of sp³-hybridized carbons (Fsp3) is 0.364. The molecule has 1 rings (SSSR count). The van der Waals surface area contributed by atoms with E-state index in [2.05, 4.69) is 5.32 Å². The molecule has 1 N–H and O–H groups in total. The Morgan fingerprint density at radius 3 is 2.50 bits per heavy atom. The first-order valence-electron chi connectivity index (χ1n) is 5.04. The quantitative estimate of drug-likeness (QED) is 0.877. The van der Waals surface area contributed by atoms with Crippen molar-refractivity contribution in [1.82, 2.24) is 0 Å². The smallest absolute Gasteiger partial charge is 0.416 e. The molecule has 1 aromatic carbocycles. The molecule has 0 aliphatic heterocycles. The zero-order chi connectivity index (χ0) is 13.9. The minimum atomic E-state index is -4.50. The van der Waals surface area contributed by atoms with Crippen molar-refractivity contribution in [2.24, 2.45) is 0 Å². The first kappa shape index (κ1) is 14.6. The average molecular weight is 282 g/mol. The molecule has 0 atom stereocenters. The lowest BCUT2D eigenvalue weighted by molar-refractivity contribution is -0.137. The van der Waals surface area contributed by atoms with Crippen LogP contribution in [0, 0.1) is 0 Å². The molecule has 100 valence electrons. The monoisotopic (exact) mass is 281 g/mol. The number of hydrogen-bond acceptors (Lipinski definition) is 2. The molecule has 1 amide bonds. The Balaban J connectivity index is 2.92.